The van der Waals surface area contributed by atoms with Crippen LogP contribution in [0.25, 0.3) is 16.2 Å². The first kappa shape index (κ1) is 7.64. The smallest absolute Gasteiger partial charge is 0.212 e. The topological polar surface area (TPSA) is 43.1 Å². The summed E-state index contributed by atoms with van der Waals surface area (Å²) in [7, 11) is 0. The highest BCUT2D eigenvalue weighted by Crippen LogP contribution is 2.18. The van der Waals surface area contributed by atoms with Crippen molar-refractivity contribution in [1.82, 2.24) is 19.6 Å². The van der Waals surface area contributed by atoms with Crippen LogP contribution in [-0.4, -0.2) is 19.6 Å². The first-order valence-electron chi connectivity index (χ1n) is 4.13. The monoisotopic (exact) mass is 202 g/mol. The molecule has 68 valence electrons. The van der Waals surface area contributed by atoms with E-state index in [1.165, 1.54) is 11.3 Å². The van der Waals surface area contributed by atoms with E-state index in [-0.39, 0.29) is 0 Å². The zero-order valence-electron chi connectivity index (χ0n) is 7.16. The van der Waals surface area contributed by atoms with Crippen molar-refractivity contribution in [3.05, 3.63) is 36.2 Å². The van der Waals surface area contributed by atoms with Crippen LogP contribution in [0.3, 0.4) is 0 Å². The highest BCUT2D eigenvalue weighted by atomic mass is 32.1. The maximum Gasteiger partial charge on any atom is 0.212 e. The Morgan fingerprint density at radius 3 is 3.14 bits per heavy atom. The normalized spacial score (nSPS) is 10.9. The fourth-order valence-corrected chi connectivity index (χ4v) is 1.89. The van der Waals surface area contributed by atoms with Gasteiger partial charge in [0.2, 0.25) is 4.96 Å². The molecular weight excluding hydrogens is 196 g/mol. The molecule has 3 aromatic rings. The van der Waals surface area contributed by atoms with Crippen LogP contribution in [0.5, 0.6) is 0 Å². The molecule has 3 heterocycles. The van der Waals surface area contributed by atoms with Gasteiger partial charge in [-0.2, -0.15) is 5.10 Å². The molecule has 0 aliphatic heterocycles. The van der Waals surface area contributed by atoms with Crippen molar-refractivity contribution >= 4 is 16.3 Å². The number of imidazole rings is 1. The van der Waals surface area contributed by atoms with Gasteiger partial charge in [-0.05, 0) is 12.1 Å². The summed E-state index contributed by atoms with van der Waals surface area (Å²) in [5.41, 5.74) is 3.71. The number of rotatable bonds is 1. The fraction of sp³-hybridized carbons (Fsp3) is 0. The van der Waals surface area contributed by atoms with E-state index in [0.29, 0.717) is 0 Å². The van der Waals surface area contributed by atoms with E-state index in [4.69, 9.17) is 0 Å². The van der Waals surface area contributed by atoms with E-state index in [0.717, 1.165) is 16.2 Å². The highest BCUT2D eigenvalue weighted by Gasteiger charge is 2.04. The molecule has 5 heteroatoms. The molecule has 0 spiro atoms. The molecule has 0 atom stereocenters. The van der Waals surface area contributed by atoms with Crippen molar-refractivity contribution in [2.45, 2.75) is 0 Å². The van der Waals surface area contributed by atoms with Gasteiger partial charge in [0.05, 0.1) is 11.9 Å². The van der Waals surface area contributed by atoms with Crippen LogP contribution in [0.2, 0.25) is 0 Å². The largest absolute Gasteiger partial charge is 0.264 e. The Hall–Kier alpha value is -1.75. The van der Waals surface area contributed by atoms with Gasteiger partial charge in [-0.3, -0.25) is 4.98 Å². The minimum atomic E-state index is 0.906. The molecule has 0 saturated carbocycles. The van der Waals surface area contributed by atoms with Crippen LogP contribution in [-0.2, 0) is 0 Å². The zero-order chi connectivity index (χ0) is 9.38. The Morgan fingerprint density at radius 2 is 2.36 bits per heavy atom. The molecule has 0 aliphatic rings. The van der Waals surface area contributed by atoms with E-state index in [2.05, 4.69) is 15.1 Å². The lowest BCUT2D eigenvalue weighted by Gasteiger charge is -1.91. The number of hydrogen-bond donors (Lipinski definition) is 0. The first-order valence-corrected chi connectivity index (χ1v) is 5.01. The van der Waals surface area contributed by atoms with Gasteiger partial charge in [0.15, 0.2) is 0 Å². The Kier molecular flexibility index (Phi) is 1.57. The molecule has 0 unspecified atom stereocenters. The summed E-state index contributed by atoms with van der Waals surface area (Å²) in [5.74, 6) is 0. The molecule has 0 fully saturated rings. The molecule has 0 amide bonds. The van der Waals surface area contributed by atoms with Crippen molar-refractivity contribution < 1.29 is 0 Å². The van der Waals surface area contributed by atoms with Gasteiger partial charge in [-0.25, -0.2) is 9.50 Å². The lowest BCUT2D eigenvalue weighted by atomic mass is 10.2. The first-order chi connectivity index (χ1) is 6.93. The molecule has 3 rings (SSSR count). The highest BCUT2D eigenvalue weighted by molar-refractivity contribution is 7.14. The second-order valence-corrected chi connectivity index (χ2v) is 3.65. The van der Waals surface area contributed by atoms with Gasteiger partial charge < -0.3 is 0 Å². The molecule has 0 radical (unpaired) electrons. The third-order valence-electron chi connectivity index (χ3n) is 1.94. The lowest BCUT2D eigenvalue weighted by molar-refractivity contribution is 0.974. The van der Waals surface area contributed by atoms with Gasteiger partial charge in [0.25, 0.3) is 0 Å². The SMILES string of the molecule is c1cncc(-c2cn3ncsc3n2)c1. The van der Waals surface area contributed by atoms with E-state index in [9.17, 15) is 0 Å². The van der Waals surface area contributed by atoms with Gasteiger partial charge in [-0.1, -0.05) is 11.3 Å². The second-order valence-electron chi connectivity index (χ2n) is 2.83. The van der Waals surface area contributed by atoms with Crippen LogP contribution in [0.15, 0.2) is 36.2 Å². The third-order valence-corrected chi connectivity index (χ3v) is 2.63. The number of nitrogens with zero attached hydrogens (tertiary/aromatic N) is 4. The van der Waals surface area contributed by atoms with Crippen molar-refractivity contribution in [1.29, 1.82) is 0 Å². The Balaban J connectivity index is 2.19. The number of fused-ring (bicyclic) bond motifs is 1. The number of aromatic nitrogens is 4. The van der Waals surface area contributed by atoms with Gasteiger partial charge in [-0.15, -0.1) is 0 Å². The standard InChI is InChI=1S/C9H6N4S/c1-2-7(4-10-3-1)8-5-13-9(12-8)14-6-11-13/h1-6H. The Labute approximate surface area is 83.9 Å². The third kappa shape index (κ3) is 1.10. The molecule has 0 bridgehead atoms. The van der Waals surface area contributed by atoms with Crippen LogP contribution in [0, 0.1) is 0 Å². The summed E-state index contributed by atoms with van der Waals surface area (Å²) in [6, 6.07) is 3.88. The molecule has 0 aromatic carbocycles. The average molecular weight is 202 g/mol. The number of hydrogen-bond acceptors (Lipinski definition) is 4. The maximum absolute atomic E-state index is 4.42. The summed E-state index contributed by atoms with van der Waals surface area (Å²) in [5, 5.41) is 4.12. The van der Waals surface area contributed by atoms with E-state index < -0.39 is 0 Å². The van der Waals surface area contributed by atoms with Crippen LogP contribution in [0.1, 0.15) is 0 Å². The minimum Gasteiger partial charge on any atom is -0.264 e. The summed E-state index contributed by atoms with van der Waals surface area (Å²) in [6.45, 7) is 0. The van der Waals surface area contributed by atoms with Crippen molar-refractivity contribution in [2.75, 3.05) is 0 Å². The predicted octanol–water partition coefficient (Wildman–Crippen LogP) is 1.85. The Bertz CT molecular complexity index is 526. The summed E-state index contributed by atoms with van der Waals surface area (Å²) in [4.78, 5) is 9.38. The van der Waals surface area contributed by atoms with E-state index >= 15 is 0 Å². The van der Waals surface area contributed by atoms with Gasteiger partial charge >= 0.3 is 0 Å². The van der Waals surface area contributed by atoms with Gasteiger partial charge in [0.1, 0.15) is 5.51 Å². The molecule has 14 heavy (non-hydrogen) atoms. The summed E-state index contributed by atoms with van der Waals surface area (Å²) < 4.78 is 1.77. The molecule has 0 saturated heterocycles. The molecule has 4 nitrogen and oxygen atoms in total. The van der Waals surface area contributed by atoms with Crippen LogP contribution >= 0.6 is 11.3 Å². The van der Waals surface area contributed by atoms with Crippen LogP contribution in [0.4, 0.5) is 0 Å². The van der Waals surface area contributed by atoms with E-state index in [1.807, 2.05) is 18.3 Å². The summed E-state index contributed by atoms with van der Waals surface area (Å²) in [6.07, 6.45) is 5.45. The molecule has 0 N–H and O–H groups in total. The maximum atomic E-state index is 4.42. The second kappa shape index (κ2) is 2.88. The average Bonchev–Trinajstić information content (AvgIpc) is 2.78. The number of pyridine rings is 1. The molecule has 3 aromatic heterocycles. The predicted molar refractivity (Wildman–Crippen MR) is 54.1 cm³/mol. The van der Waals surface area contributed by atoms with Crippen molar-refractivity contribution in [3.8, 4) is 11.3 Å². The van der Waals surface area contributed by atoms with Crippen molar-refractivity contribution in [3.63, 3.8) is 0 Å². The quantitative estimate of drug-likeness (QED) is 0.604. The fourth-order valence-electron chi connectivity index (χ4n) is 1.29. The van der Waals surface area contributed by atoms with E-state index in [1.54, 1.807) is 22.4 Å². The molecular formula is C9H6N4S. The zero-order valence-corrected chi connectivity index (χ0v) is 7.98. The van der Waals surface area contributed by atoms with Gasteiger partial charge in [0, 0.05) is 18.0 Å². The lowest BCUT2D eigenvalue weighted by Crippen LogP contribution is -1.78. The van der Waals surface area contributed by atoms with Crippen LogP contribution < -0.4 is 0 Å². The minimum absolute atomic E-state index is 0.906. The Morgan fingerprint density at radius 1 is 1.36 bits per heavy atom. The van der Waals surface area contributed by atoms with Crippen molar-refractivity contribution in [2.24, 2.45) is 0 Å². The molecule has 0 aliphatic carbocycles. The summed E-state index contributed by atoms with van der Waals surface area (Å²) >= 11 is 1.52.